The van der Waals surface area contributed by atoms with Gasteiger partial charge in [-0.25, -0.2) is 0 Å². The van der Waals surface area contributed by atoms with E-state index < -0.39 is 9.85 Å². The molecule has 2 aromatic carbocycles. The van der Waals surface area contributed by atoms with Crippen LogP contribution in [0.15, 0.2) is 36.4 Å². The molecule has 2 aromatic rings. The van der Waals surface area contributed by atoms with Crippen molar-refractivity contribution < 1.29 is 9.85 Å². The Morgan fingerprint density at radius 3 is 1.35 bits per heavy atom. The molecule has 0 fully saturated rings. The molecular formula is C14H12N2O4. The number of hydrogen-bond acceptors (Lipinski definition) is 4. The van der Waals surface area contributed by atoms with E-state index in [0.29, 0.717) is 11.1 Å². The van der Waals surface area contributed by atoms with Crippen LogP contribution in [0, 0.1) is 34.1 Å². The predicted octanol–water partition coefficient (Wildman–Crippen LogP) is 3.79. The van der Waals surface area contributed by atoms with Crippen molar-refractivity contribution in [3.63, 3.8) is 0 Å². The Bertz CT molecular complexity index is 649. The molecule has 0 aliphatic rings. The van der Waals surface area contributed by atoms with E-state index in [1.165, 1.54) is 12.1 Å². The molecule has 102 valence electrons. The summed E-state index contributed by atoms with van der Waals surface area (Å²) in [5, 5.41) is 21.5. The van der Waals surface area contributed by atoms with Crippen molar-refractivity contribution in [2.45, 2.75) is 13.8 Å². The van der Waals surface area contributed by atoms with Gasteiger partial charge in [-0.3, -0.25) is 20.2 Å². The zero-order valence-corrected chi connectivity index (χ0v) is 11.0. The molecule has 0 aliphatic heterocycles. The second-order valence-corrected chi connectivity index (χ2v) is 4.52. The van der Waals surface area contributed by atoms with Crippen LogP contribution in [0.4, 0.5) is 11.4 Å². The topological polar surface area (TPSA) is 86.3 Å². The molecule has 2 rings (SSSR count). The first-order valence-electron chi connectivity index (χ1n) is 5.90. The second-order valence-electron chi connectivity index (χ2n) is 4.52. The van der Waals surface area contributed by atoms with E-state index in [2.05, 4.69) is 0 Å². The van der Waals surface area contributed by atoms with Crippen molar-refractivity contribution in [2.24, 2.45) is 0 Å². The van der Waals surface area contributed by atoms with Crippen LogP contribution in [0.1, 0.15) is 11.1 Å². The SMILES string of the molecule is Cc1cc(-c2ccc([N+](=O)[O-])c(C)c2)ccc1[N+](=O)[O-]. The van der Waals surface area contributed by atoms with E-state index in [9.17, 15) is 20.2 Å². The van der Waals surface area contributed by atoms with Gasteiger partial charge < -0.3 is 0 Å². The molecule has 0 N–H and O–H groups in total. The lowest BCUT2D eigenvalue weighted by molar-refractivity contribution is -0.385. The number of nitrogens with zero attached hydrogens (tertiary/aromatic N) is 2. The van der Waals surface area contributed by atoms with Gasteiger partial charge in [-0.05, 0) is 49.2 Å². The maximum absolute atomic E-state index is 10.8. The van der Waals surface area contributed by atoms with E-state index in [0.717, 1.165) is 11.1 Å². The third kappa shape index (κ3) is 2.49. The molecule has 6 heteroatoms. The Balaban J connectivity index is 2.47. The summed E-state index contributed by atoms with van der Waals surface area (Å²) in [5.74, 6) is 0. The molecule has 0 amide bonds. The van der Waals surface area contributed by atoms with Crippen molar-refractivity contribution in [3.05, 3.63) is 67.8 Å². The Labute approximate surface area is 115 Å². The van der Waals surface area contributed by atoms with E-state index in [-0.39, 0.29) is 11.4 Å². The van der Waals surface area contributed by atoms with Gasteiger partial charge in [-0.1, -0.05) is 0 Å². The number of benzene rings is 2. The minimum absolute atomic E-state index is 0.0624. The summed E-state index contributed by atoms with van der Waals surface area (Å²) in [5.41, 5.74) is 2.84. The standard InChI is InChI=1S/C14H12N2O4/c1-9-7-11(3-5-13(9)15(17)18)12-4-6-14(16(19)20)10(2)8-12/h3-8H,1-2H3. The van der Waals surface area contributed by atoms with Crippen LogP contribution in [0.3, 0.4) is 0 Å². The Kier molecular flexibility index (Phi) is 3.47. The fourth-order valence-corrected chi connectivity index (χ4v) is 2.08. The zero-order chi connectivity index (χ0) is 14.9. The highest BCUT2D eigenvalue weighted by molar-refractivity contribution is 5.69. The van der Waals surface area contributed by atoms with E-state index in [4.69, 9.17) is 0 Å². The van der Waals surface area contributed by atoms with Gasteiger partial charge in [-0.15, -0.1) is 0 Å². The van der Waals surface area contributed by atoms with Crippen LogP contribution in [-0.2, 0) is 0 Å². The summed E-state index contributed by atoms with van der Waals surface area (Å²) in [6, 6.07) is 9.60. The maximum Gasteiger partial charge on any atom is 0.272 e. The number of nitro benzene ring substituents is 2. The molecule has 0 radical (unpaired) electrons. The molecule has 0 saturated heterocycles. The lowest BCUT2D eigenvalue weighted by Gasteiger charge is -2.05. The van der Waals surface area contributed by atoms with Gasteiger partial charge >= 0.3 is 0 Å². The third-order valence-electron chi connectivity index (χ3n) is 3.12. The van der Waals surface area contributed by atoms with E-state index in [1.54, 1.807) is 38.1 Å². The summed E-state index contributed by atoms with van der Waals surface area (Å²) in [6.45, 7) is 3.33. The number of aryl methyl sites for hydroxylation is 2. The van der Waals surface area contributed by atoms with Crippen molar-refractivity contribution in [3.8, 4) is 11.1 Å². The molecule has 0 bridgehead atoms. The van der Waals surface area contributed by atoms with Crippen molar-refractivity contribution in [1.82, 2.24) is 0 Å². The van der Waals surface area contributed by atoms with Crippen LogP contribution in [0.25, 0.3) is 11.1 Å². The monoisotopic (exact) mass is 272 g/mol. The summed E-state index contributed by atoms with van der Waals surface area (Å²) in [6.07, 6.45) is 0. The Morgan fingerprint density at radius 1 is 0.750 bits per heavy atom. The normalized spacial score (nSPS) is 10.3. The Hall–Kier alpha value is -2.76. The maximum atomic E-state index is 10.8. The summed E-state index contributed by atoms with van der Waals surface area (Å²) in [4.78, 5) is 20.7. The number of nitro groups is 2. The summed E-state index contributed by atoms with van der Waals surface area (Å²) in [7, 11) is 0. The average molecular weight is 272 g/mol. The molecule has 0 unspecified atom stereocenters. The molecule has 0 spiro atoms. The third-order valence-corrected chi connectivity index (χ3v) is 3.12. The highest BCUT2D eigenvalue weighted by atomic mass is 16.6. The average Bonchev–Trinajstić information content (AvgIpc) is 2.37. The molecule has 0 saturated carbocycles. The van der Waals surface area contributed by atoms with Gasteiger partial charge in [0.05, 0.1) is 9.85 Å². The first kappa shape index (κ1) is 13.7. The van der Waals surface area contributed by atoms with Crippen LogP contribution >= 0.6 is 0 Å². The number of hydrogen-bond donors (Lipinski definition) is 0. The van der Waals surface area contributed by atoms with Crippen molar-refractivity contribution >= 4 is 11.4 Å². The zero-order valence-electron chi connectivity index (χ0n) is 11.0. The van der Waals surface area contributed by atoms with Gasteiger partial charge in [-0.2, -0.15) is 0 Å². The van der Waals surface area contributed by atoms with Gasteiger partial charge in [0.2, 0.25) is 0 Å². The summed E-state index contributed by atoms with van der Waals surface area (Å²) >= 11 is 0. The molecule has 0 aromatic heterocycles. The fourth-order valence-electron chi connectivity index (χ4n) is 2.08. The first-order chi connectivity index (χ1) is 9.40. The smallest absolute Gasteiger partial charge is 0.258 e. The van der Waals surface area contributed by atoms with Gasteiger partial charge in [0, 0.05) is 23.3 Å². The minimum atomic E-state index is -0.430. The van der Waals surface area contributed by atoms with Crippen LogP contribution in [0.5, 0.6) is 0 Å². The van der Waals surface area contributed by atoms with Gasteiger partial charge in [0.15, 0.2) is 0 Å². The second kappa shape index (κ2) is 5.08. The highest BCUT2D eigenvalue weighted by Gasteiger charge is 2.13. The molecule has 20 heavy (non-hydrogen) atoms. The van der Waals surface area contributed by atoms with Crippen LogP contribution in [-0.4, -0.2) is 9.85 Å². The number of rotatable bonds is 3. The van der Waals surface area contributed by atoms with E-state index >= 15 is 0 Å². The van der Waals surface area contributed by atoms with Gasteiger partial charge in [0.1, 0.15) is 0 Å². The largest absolute Gasteiger partial charge is 0.272 e. The summed E-state index contributed by atoms with van der Waals surface area (Å²) < 4.78 is 0. The highest BCUT2D eigenvalue weighted by Crippen LogP contribution is 2.29. The quantitative estimate of drug-likeness (QED) is 0.628. The van der Waals surface area contributed by atoms with Crippen LogP contribution in [0.2, 0.25) is 0 Å². The molecule has 0 aliphatic carbocycles. The van der Waals surface area contributed by atoms with Crippen LogP contribution < -0.4 is 0 Å². The molecule has 0 heterocycles. The minimum Gasteiger partial charge on any atom is -0.258 e. The first-order valence-corrected chi connectivity index (χ1v) is 5.90. The van der Waals surface area contributed by atoms with Crippen molar-refractivity contribution in [1.29, 1.82) is 0 Å². The molecular weight excluding hydrogens is 260 g/mol. The van der Waals surface area contributed by atoms with Crippen molar-refractivity contribution in [2.75, 3.05) is 0 Å². The lowest BCUT2D eigenvalue weighted by Crippen LogP contribution is -1.93. The predicted molar refractivity (Wildman–Crippen MR) is 74.7 cm³/mol. The van der Waals surface area contributed by atoms with Gasteiger partial charge in [0.25, 0.3) is 11.4 Å². The molecule has 0 atom stereocenters. The van der Waals surface area contributed by atoms with E-state index in [1.807, 2.05) is 0 Å². The molecule has 6 nitrogen and oxygen atoms in total. The Morgan fingerprint density at radius 2 is 1.10 bits per heavy atom. The lowest BCUT2D eigenvalue weighted by atomic mass is 10.00. The fraction of sp³-hybridized carbons (Fsp3) is 0.143.